The number of benzene rings is 1. The Labute approximate surface area is 162 Å². The molecule has 0 atom stereocenters. The zero-order valence-corrected chi connectivity index (χ0v) is 15.7. The van der Waals surface area contributed by atoms with E-state index in [0.29, 0.717) is 13.1 Å². The Balaban J connectivity index is 1.40. The molecule has 0 radical (unpaired) electrons. The maximum atomic E-state index is 12.5. The van der Waals surface area contributed by atoms with Crippen LogP contribution in [0.2, 0.25) is 0 Å². The summed E-state index contributed by atoms with van der Waals surface area (Å²) in [5.41, 5.74) is 1.70. The van der Waals surface area contributed by atoms with E-state index in [4.69, 9.17) is 4.98 Å². The molecule has 1 aromatic carbocycles. The van der Waals surface area contributed by atoms with Crippen LogP contribution in [0.5, 0.6) is 0 Å². The normalized spacial score (nSPS) is 15.0. The minimum absolute atomic E-state index is 0.0235. The summed E-state index contributed by atoms with van der Waals surface area (Å²) in [6.07, 6.45) is 4.83. The van der Waals surface area contributed by atoms with Crippen LogP contribution >= 0.6 is 0 Å². The first-order chi connectivity index (χ1) is 13.6. The second-order valence-electron chi connectivity index (χ2n) is 7.00. The highest BCUT2D eigenvalue weighted by molar-refractivity contribution is 5.76. The molecule has 1 aliphatic heterocycles. The molecule has 0 saturated carbocycles. The van der Waals surface area contributed by atoms with Crippen LogP contribution in [0.4, 0.5) is 0 Å². The average molecular weight is 378 g/mol. The number of hydrogen-bond donors (Lipinski definition) is 0. The van der Waals surface area contributed by atoms with Gasteiger partial charge in [0, 0.05) is 37.8 Å². The number of hydrogen-bond acceptors (Lipinski definition) is 5. The van der Waals surface area contributed by atoms with E-state index >= 15 is 0 Å². The summed E-state index contributed by atoms with van der Waals surface area (Å²) in [6, 6.07) is 12.0. The molecule has 2 aromatic heterocycles. The fourth-order valence-electron chi connectivity index (χ4n) is 3.48. The van der Waals surface area contributed by atoms with E-state index in [0.717, 1.165) is 29.9 Å². The molecule has 28 heavy (non-hydrogen) atoms. The lowest BCUT2D eigenvalue weighted by atomic mass is 9.95. The van der Waals surface area contributed by atoms with E-state index in [2.05, 4.69) is 10.1 Å². The third-order valence-electron chi connectivity index (χ3n) is 5.13. The predicted octanol–water partition coefficient (Wildman–Crippen LogP) is 1.44. The maximum absolute atomic E-state index is 12.5. The predicted molar refractivity (Wildman–Crippen MR) is 103 cm³/mol. The second-order valence-corrected chi connectivity index (χ2v) is 7.00. The van der Waals surface area contributed by atoms with Crippen LogP contribution in [-0.2, 0) is 18.4 Å². The average Bonchev–Trinajstić information content (AvgIpc) is 3.06. The lowest BCUT2D eigenvalue weighted by Crippen LogP contribution is -2.41. The molecular weight excluding hydrogens is 356 g/mol. The molecule has 1 amide bonds. The van der Waals surface area contributed by atoms with Gasteiger partial charge in [0.15, 0.2) is 0 Å². The number of aryl methyl sites for hydroxylation is 1. The number of carbonyl (C=O) groups excluding carboxylic acids is 1. The van der Waals surface area contributed by atoms with Gasteiger partial charge in [0.05, 0.1) is 5.69 Å². The molecule has 3 heterocycles. The van der Waals surface area contributed by atoms with E-state index in [9.17, 15) is 9.59 Å². The van der Waals surface area contributed by atoms with Crippen LogP contribution < -0.4 is 5.69 Å². The van der Waals surface area contributed by atoms with Gasteiger partial charge in [0.2, 0.25) is 5.91 Å². The van der Waals surface area contributed by atoms with Gasteiger partial charge in [-0.05, 0) is 18.9 Å². The molecule has 3 aromatic rings. The van der Waals surface area contributed by atoms with Crippen LogP contribution in [0.1, 0.15) is 24.6 Å². The molecule has 8 nitrogen and oxygen atoms in total. The van der Waals surface area contributed by atoms with Crippen molar-refractivity contribution < 1.29 is 4.79 Å². The van der Waals surface area contributed by atoms with E-state index in [1.807, 2.05) is 36.4 Å². The summed E-state index contributed by atoms with van der Waals surface area (Å²) in [5, 5.41) is 3.95. The summed E-state index contributed by atoms with van der Waals surface area (Å²) in [5.74, 6) is 0.970. The number of likely N-dealkylation sites (tertiary alicyclic amines) is 1. The van der Waals surface area contributed by atoms with Crippen LogP contribution in [0.15, 0.2) is 53.7 Å². The fourth-order valence-corrected chi connectivity index (χ4v) is 3.48. The Bertz CT molecular complexity index is 1020. The van der Waals surface area contributed by atoms with Gasteiger partial charge in [0.25, 0.3) is 0 Å². The number of aromatic nitrogens is 5. The number of amides is 1. The van der Waals surface area contributed by atoms with E-state index in [1.54, 1.807) is 18.1 Å². The fraction of sp³-hybridized carbons (Fsp3) is 0.350. The molecule has 1 aliphatic rings. The van der Waals surface area contributed by atoms with Crippen molar-refractivity contribution in [3.05, 3.63) is 65.2 Å². The van der Waals surface area contributed by atoms with Crippen LogP contribution in [0.3, 0.4) is 0 Å². The van der Waals surface area contributed by atoms with Crippen LogP contribution in [0, 0.1) is 0 Å². The minimum atomic E-state index is -0.283. The number of carbonyl (C=O) groups is 1. The molecule has 0 spiro atoms. The summed E-state index contributed by atoms with van der Waals surface area (Å²) < 4.78 is 2.55. The Morgan fingerprint density at radius 3 is 2.57 bits per heavy atom. The molecule has 0 N–H and O–H groups in total. The first-order valence-corrected chi connectivity index (χ1v) is 9.36. The number of nitrogens with zero attached hydrogens (tertiary/aromatic N) is 6. The van der Waals surface area contributed by atoms with Crippen LogP contribution in [0.25, 0.3) is 11.3 Å². The quantitative estimate of drug-likeness (QED) is 0.686. The Morgan fingerprint density at radius 1 is 1.14 bits per heavy atom. The standard InChI is InChI=1S/C20H22N6O2/c1-24-14-22-26(20(24)28)13-18(27)25-11-8-16(9-12-25)19-21-10-7-17(23-19)15-5-3-2-4-6-15/h2-7,10,14,16H,8-9,11-13H2,1H3. The molecule has 4 rings (SSSR count). The molecule has 0 unspecified atom stereocenters. The highest BCUT2D eigenvalue weighted by atomic mass is 16.2. The Kier molecular flexibility index (Phi) is 5.01. The van der Waals surface area contributed by atoms with Crippen molar-refractivity contribution in [1.82, 2.24) is 29.2 Å². The summed E-state index contributed by atoms with van der Waals surface area (Å²) in [6.45, 7) is 1.23. The van der Waals surface area contributed by atoms with Gasteiger partial charge in [-0.1, -0.05) is 30.3 Å². The van der Waals surface area contributed by atoms with Crippen molar-refractivity contribution in [2.45, 2.75) is 25.3 Å². The molecule has 1 saturated heterocycles. The summed E-state index contributed by atoms with van der Waals surface area (Å²) >= 11 is 0. The highest BCUT2D eigenvalue weighted by Gasteiger charge is 2.26. The molecule has 8 heteroatoms. The molecular formula is C20H22N6O2. The molecule has 0 aliphatic carbocycles. The first kappa shape index (κ1) is 18.1. The maximum Gasteiger partial charge on any atom is 0.345 e. The lowest BCUT2D eigenvalue weighted by molar-refractivity contribution is -0.133. The third-order valence-corrected chi connectivity index (χ3v) is 5.13. The van der Waals surface area contributed by atoms with Crippen molar-refractivity contribution in [2.24, 2.45) is 7.05 Å². The van der Waals surface area contributed by atoms with Gasteiger partial charge >= 0.3 is 5.69 Å². The first-order valence-electron chi connectivity index (χ1n) is 9.36. The van der Waals surface area contributed by atoms with Gasteiger partial charge in [-0.2, -0.15) is 5.10 Å². The van der Waals surface area contributed by atoms with E-state index < -0.39 is 0 Å². The third kappa shape index (κ3) is 3.71. The molecule has 144 valence electrons. The van der Waals surface area contributed by atoms with E-state index in [-0.39, 0.29) is 24.1 Å². The van der Waals surface area contributed by atoms with Crippen molar-refractivity contribution >= 4 is 5.91 Å². The second kappa shape index (κ2) is 7.75. The SMILES string of the molecule is Cn1cnn(CC(=O)N2CCC(c3nccc(-c4ccccc4)n3)CC2)c1=O. The van der Waals surface area contributed by atoms with Crippen molar-refractivity contribution in [2.75, 3.05) is 13.1 Å². The lowest BCUT2D eigenvalue weighted by Gasteiger charge is -2.31. The van der Waals surface area contributed by atoms with Crippen molar-refractivity contribution in [3.63, 3.8) is 0 Å². The number of rotatable bonds is 4. The van der Waals surface area contributed by atoms with Gasteiger partial charge < -0.3 is 4.90 Å². The van der Waals surface area contributed by atoms with Crippen LogP contribution in [-0.4, -0.2) is 48.2 Å². The Morgan fingerprint density at radius 2 is 1.89 bits per heavy atom. The minimum Gasteiger partial charge on any atom is -0.341 e. The van der Waals surface area contributed by atoms with E-state index in [1.165, 1.54) is 15.6 Å². The topological polar surface area (TPSA) is 85.9 Å². The molecule has 1 fully saturated rings. The molecule has 0 bridgehead atoms. The van der Waals surface area contributed by atoms with Crippen molar-refractivity contribution in [1.29, 1.82) is 0 Å². The largest absolute Gasteiger partial charge is 0.345 e. The smallest absolute Gasteiger partial charge is 0.341 e. The van der Waals surface area contributed by atoms with Gasteiger partial charge in [-0.25, -0.2) is 19.4 Å². The monoisotopic (exact) mass is 378 g/mol. The van der Waals surface area contributed by atoms with Crippen molar-refractivity contribution in [3.8, 4) is 11.3 Å². The highest BCUT2D eigenvalue weighted by Crippen LogP contribution is 2.27. The Hall–Kier alpha value is -3.29. The summed E-state index contributed by atoms with van der Waals surface area (Å²) in [4.78, 5) is 35.4. The zero-order chi connectivity index (χ0) is 19.5. The number of piperidine rings is 1. The van der Waals surface area contributed by atoms with Gasteiger partial charge in [0.1, 0.15) is 18.7 Å². The zero-order valence-electron chi connectivity index (χ0n) is 15.7. The summed E-state index contributed by atoms with van der Waals surface area (Å²) in [7, 11) is 1.62. The van der Waals surface area contributed by atoms with Gasteiger partial charge in [-0.15, -0.1) is 0 Å². The van der Waals surface area contributed by atoms with Gasteiger partial charge in [-0.3, -0.25) is 9.36 Å².